The highest BCUT2D eigenvalue weighted by Gasteiger charge is 2.06. The largest absolute Gasteiger partial charge is 0.397 e. The molecular formula is C10H12N2. The van der Waals surface area contributed by atoms with E-state index in [1.165, 1.54) is 0 Å². The highest BCUT2D eigenvalue weighted by molar-refractivity contribution is 5.60. The smallest absolute Gasteiger partial charge is 0.101 e. The predicted molar refractivity (Wildman–Crippen MR) is 49.7 cm³/mol. The van der Waals surface area contributed by atoms with Crippen molar-refractivity contribution in [1.82, 2.24) is 0 Å². The number of benzene rings is 1. The first kappa shape index (κ1) is 8.61. The normalized spacial score (nSPS) is 9.83. The molecule has 12 heavy (non-hydrogen) atoms. The van der Waals surface area contributed by atoms with Crippen LogP contribution in [0.3, 0.4) is 0 Å². The molecule has 2 nitrogen and oxygen atoms in total. The van der Waals surface area contributed by atoms with Gasteiger partial charge >= 0.3 is 0 Å². The molecule has 0 bridgehead atoms. The molecule has 2 heteroatoms. The molecule has 0 atom stereocenters. The summed E-state index contributed by atoms with van der Waals surface area (Å²) < 4.78 is 0. The van der Waals surface area contributed by atoms with Crippen LogP contribution in [0.5, 0.6) is 0 Å². The van der Waals surface area contributed by atoms with Gasteiger partial charge in [-0.2, -0.15) is 5.26 Å². The van der Waals surface area contributed by atoms with Crippen molar-refractivity contribution in [2.24, 2.45) is 0 Å². The number of nitriles is 1. The predicted octanol–water partition coefficient (Wildman–Crippen LogP) is 2.26. The van der Waals surface area contributed by atoms with E-state index in [2.05, 4.69) is 19.9 Å². The average molecular weight is 160 g/mol. The summed E-state index contributed by atoms with van der Waals surface area (Å²) in [5.41, 5.74) is 8.01. The van der Waals surface area contributed by atoms with Gasteiger partial charge in [-0.3, -0.25) is 0 Å². The summed E-state index contributed by atoms with van der Waals surface area (Å²) in [5, 5.41) is 8.69. The Balaban J connectivity index is 3.25. The van der Waals surface area contributed by atoms with Gasteiger partial charge in [-0.1, -0.05) is 26.0 Å². The summed E-state index contributed by atoms with van der Waals surface area (Å²) in [6, 6.07) is 7.63. The van der Waals surface area contributed by atoms with E-state index in [1.54, 1.807) is 6.07 Å². The molecule has 0 aliphatic heterocycles. The maximum absolute atomic E-state index is 8.69. The summed E-state index contributed by atoms with van der Waals surface area (Å²) in [5.74, 6) is 0.373. The number of nitrogens with two attached hydrogens (primary N) is 1. The highest BCUT2D eigenvalue weighted by Crippen LogP contribution is 2.23. The van der Waals surface area contributed by atoms with E-state index in [-0.39, 0.29) is 0 Å². The van der Waals surface area contributed by atoms with E-state index in [9.17, 15) is 0 Å². The molecule has 0 radical (unpaired) electrons. The van der Waals surface area contributed by atoms with Gasteiger partial charge in [-0.25, -0.2) is 0 Å². The third kappa shape index (κ3) is 1.40. The van der Waals surface area contributed by atoms with Crippen molar-refractivity contribution < 1.29 is 0 Å². The van der Waals surface area contributed by atoms with E-state index >= 15 is 0 Å². The highest BCUT2D eigenvalue weighted by atomic mass is 14.6. The number of rotatable bonds is 1. The summed E-state index contributed by atoms with van der Waals surface area (Å²) in [4.78, 5) is 0. The van der Waals surface area contributed by atoms with Gasteiger partial charge in [0.2, 0.25) is 0 Å². The SMILES string of the molecule is CC(C)c1cccc(C#N)c1N. The van der Waals surface area contributed by atoms with Crippen molar-refractivity contribution in [1.29, 1.82) is 5.26 Å². The Hall–Kier alpha value is -1.49. The summed E-state index contributed by atoms with van der Waals surface area (Å²) in [6.07, 6.45) is 0. The van der Waals surface area contributed by atoms with Gasteiger partial charge in [-0.15, -0.1) is 0 Å². The zero-order valence-corrected chi connectivity index (χ0v) is 7.33. The van der Waals surface area contributed by atoms with Crippen molar-refractivity contribution in [3.63, 3.8) is 0 Å². The Kier molecular flexibility index (Phi) is 2.35. The van der Waals surface area contributed by atoms with Crippen LogP contribution in [0, 0.1) is 11.3 Å². The van der Waals surface area contributed by atoms with Crippen LogP contribution in [-0.2, 0) is 0 Å². The minimum absolute atomic E-state index is 0.373. The second-order valence-electron chi connectivity index (χ2n) is 3.07. The van der Waals surface area contributed by atoms with Gasteiger partial charge in [0, 0.05) is 0 Å². The van der Waals surface area contributed by atoms with Gasteiger partial charge in [0.1, 0.15) is 6.07 Å². The first-order valence-corrected chi connectivity index (χ1v) is 3.95. The summed E-state index contributed by atoms with van der Waals surface area (Å²) >= 11 is 0. The van der Waals surface area contributed by atoms with Crippen LogP contribution in [0.4, 0.5) is 5.69 Å². The number of hydrogen-bond acceptors (Lipinski definition) is 2. The van der Waals surface area contributed by atoms with Crippen molar-refractivity contribution in [3.8, 4) is 6.07 Å². The molecule has 0 unspecified atom stereocenters. The number of nitrogen functional groups attached to an aromatic ring is 1. The van der Waals surface area contributed by atoms with Crippen molar-refractivity contribution >= 4 is 5.69 Å². The molecule has 0 spiro atoms. The summed E-state index contributed by atoms with van der Waals surface area (Å²) in [6.45, 7) is 4.12. The monoisotopic (exact) mass is 160 g/mol. The maximum atomic E-state index is 8.69. The Morgan fingerprint density at radius 1 is 1.42 bits per heavy atom. The lowest BCUT2D eigenvalue weighted by molar-refractivity contribution is 0.869. The number of para-hydroxylation sites is 1. The zero-order valence-electron chi connectivity index (χ0n) is 7.33. The second kappa shape index (κ2) is 3.27. The number of nitrogens with zero attached hydrogens (tertiary/aromatic N) is 1. The lowest BCUT2D eigenvalue weighted by atomic mass is 9.99. The molecule has 0 fully saturated rings. The quantitative estimate of drug-likeness (QED) is 0.640. The lowest BCUT2D eigenvalue weighted by Gasteiger charge is -2.09. The molecule has 1 rings (SSSR count). The second-order valence-corrected chi connectivity index (χ2v) is 3.07. The molecule has 0 amide bonds. The minimum atomic E-state index is 0.373. The fourth-order valence-corrected chi connectivity index (χ4v) is 1.18. The van der Waals surface area contributed by atoms with E-state index < -0.39 is 0 Å². The van der Waals surface area contributed by atoms with Gasteiger partial charge in [0.25, 0.3) is 0 Å². The van der Waals surface area contributed by atoms with Gasteiger partial charge < -0.3 is 5.73 Å². The van der Waals surface area contributed by atoms with Crippen LogP contribution in [-0.4, -0.2) is 0 Å². The first-order valence-electron chi connectivity index (χ1n) is 3.95. The zero-order chi connectivity index (χ0) is 9.14. The van der Waals surface area contributed by atoms with Gasteiger partial charge in [-0.05, 0) is 17.5 Å². The molecule has 0 saturated carbocycles. The molecule has 0 aliphatic carbocycles. The van der Waals surface area contributed by atoms with E-state index in [4.69, 9.17) is 11.0 Å². The Labute approximate surface area is 72.6 Å². The fourth-order valence-electron chi connectivity index (χ4n) is 1.18. The topological polar surface area (TPSA) is 49.8 Å². The number of anilines is 1. The lowest BCUT2D eigenvalue weighted by Crippen LogP contribution is -1.98. The van der Waals surface area contributed by atoms with E-state index in [1.807, 2.05) is 12.1 Å². The Morgan fingerprint density at radius 2 is 2.08 bits per heavy atom. The van der Waals surface area contributed by atoms with Crippen molar-refractivity contribution in [3.05, 3.63) is 29.3 Å². The number of hydrogen-bond donors (Lipinski definition) is 1. The molecule has 1 aromatic rings. The van der Waals surface area contributed by atoms with Crippen LogP contribution in [0.25, 0.3) is 0 Å². The molecule has 1 aromatic carbocycles. The van der Waals surface area contributed by atoms with Crippen molar-refractivity contribution in [2.75, 3.05) is 5.73 Å². The molecule has 62 valence electrons. The minimum Gasteiger partial charge on any atom is -0.397 e. The maximum Gasteiger partial charge on any atom is 0.101 e. The molecule has 0 heterocycles. The third-order valence-electron chi connectivity index (χ3n) is 1.88. The standard InChI is InChI=1S/C10H12N2/c1-7(2)9-5-3-4-8(6-11)10(9)12/h3-5,7H,12H2,1-2H3. The molecule has 2 N–H and O–H groups in total. The van der Waals surface area contributed by atoms with Crippen LogP contribution in [0.1, 0.15) is 30.9 Å². The average Bonchev–Trinajstić information content (AvgIpc) is 2.04. The van der Waals surface area contributed by atoms with E-state index in [0.29, 0.717) is 17.2 Å². The summed E-state index contributed by atoms with van der Waals surface area (Å²) in [7, 11) is 0. The van der Waals surface area contributed by atoms with Crippen LogP contribution in [0.15, 0.2) is 18.2 Å². The molecule has 0 aromatic heterocycles. The van der Waals surface area contributed by atoms with E-state index in [0.717, 1.165) is 5.56 Å². The van der Waals surface area contributed by atoms with Crippen LogP contribution in [0.2, 0.25) is 0 Å². The molecule has 0 saturated heterocycles. The first-order chi connectivity index (χ1) is 5.66. The molecular weight excluding hydrogens is 148 g/mol. The van der Waals surface area contributed by atoms with Crippen LogP contribution >= 0.6 is 0 Å². The van der Waals surface area contributed by atoms with Crippen LogP contribution < -0.4 is 5.73 Å². The fraction of sp³-hybridized carbons (Fsp3) is 0.300. The third-order valence-corrected chi connectivity index (χ3v) is 1.88. The molecule has 0 aliphatic rings. The van der Waals surface area contributed by atoms with Crippen molar-refractivity contribution in [2.45, 2.75) is 19.8 Å². The van der Waals surface area contributed by atoms with Gasteiger partial charge in [0.05, 0.1) is 11.3 Å². The Morgan fingerprint density at radius 3 is 2.58 bits per heavy atom. The van der Waals surface area contributed by atoms with Gasteiger partial charge in [0.15, 0.2) is 0 Å². The Bertz CT molecular complexity index is 321.